The zero-order chi connectivity index (χ0) is 25.2. The molecule has 1 aliphatic heterocycles. The van der Waals surface area contributed by atoms with Crippen molar-refractivity contribution in [1.82, 2.24) is 0 Å². The van der Waals surface area contributed by atoms with Crippen molar-refractivity contribution >= 4 is 17.3 Å². The molecule has 3 aromatic carbocycles. The molecule has 5 rings (SSSR count). The molecule has 0 radical (unpaired) electrons. The Morgan fingerprint density at radius 3 is 2.39 bits per heavy atom. The van der Waals surface area contributed by atoms with Gasteiger partial charge in [-0.1, -0.05) is 55.3 Å². The lowest BCUT2D eigenvalue weighted by Crippen LogP contribution is -2.38. The number of anilines is 1. The third-order valence-corrected chi connectivity index (χ3v) is 6.91. The maximum Gasteiger partial charge on any atom is 0.251 e. The Bertz CT molecular complexity index is 1370. The molecule has 1 heterocycles. The van der Waals surface area contributed by atoms with Gasteiger partial charge in [-0.25, -0.2) is 0 Å². The van der Waals surface area contributed by atoms with Crippen LogP contribution >= 0.6 is 0 Å². The summed E-state index contributed by atoms with van der Waals surface area (Å²) in [6, 6.07) is 21.0. The normalized spacial score (nSPS) is 17.1. The SMILES string of the molecule is CCN1C(=O)C(CC2CC2)N=C(c2cccc(C#N)c2)c2c1cc(OC)c(-c1ccccc1)c2OC. The zero-order valence-electron chi connectivity index (χ0n) is 20.8. The zero-order valence-corrected chi connectivity index (χ0v) is 20.8. The van der Waals surface area contributed by atoms with Crippen LogP contribution in [0.4, 0.5) is 5.69 Å². The number of methoxy groups -OCH3 is 2. The topological polar surface area (TPSA) is 74.9 Å². The molecule has 36 heavy (non-hydrogen) atoms. The van der Waals surface area contributed by atoms with Crippen molar-refractivity contribution in [3.05, 3.63) is 77.4 Å². The van der Waals surface area contributed by atoms with E-state index in [0.29, 0.717) is 40.9 Å². The number of benzodiazepines with no additional fused rings is 1. The number of hydrogen-bond acceptors (Lipinski definition) is 5. The molecule has 1 atom stereocenters. The quantitative estimate of drug-likeness (QED) is 0.441. The van der Waals surface area contributed by atoms with Gasteiger partial charge in [-0.3, -0.25) is 9.79 Å². The minimum absolute atomic E-state index is 0.0198. The first kappa shape index (κ1) is 23.6. The molecule has 2 aliphatic rings. The molecule has 0 saturated heterocycles. The lowest BCUT2D eigenvalue weighted by Gasteiger charge is -2.27. The fraction of sp³-hybridized carbons (Fsp3) is 0.300. The van der Waals surface area contributed by atoms with Crippen molar-refractivity contribution in [2.45, 2.75) is 32.2 Å². The third-order valence-electron chi connectivity index (χ3n) is 6.91. The van der Waals surface area contributed by atoms with Crippen LogP contribution in [0, 0.1) is 17.2 Å². The van der Waals surface area contributed by atoms with Crippen LogP contribution < -0.4 is 14.4 Å². The number of ether oxygens (including phenoxy) is 2. The summed E-state index contributed by atoms with van der Waals surface area (Å²) in [5.41, 5.74) is 5.16. The Labute approximate surface area is 211 Å². The maximum atomic E-state index is 13.8. The van der Waals surface area contributed by atoms with E-state index in [1.807, 2.05) is 61.5 Å². The Morgan fingerprint density at radius 2 is 1.75 bits per heavy atom. The summed E-state index contributed by atoms with van der Waals surface area (Å²) in [4.78, 5) is 20.8. The van der Waals surface area contributed by atoms with E-state index in [0.717, 1.165) is 41.5 Å². The molecule has 0 N–H and O–H groups in total. The molecule has 3 aromatic rings. The second kappa shape index (κ2) is 9.87. The van der Waals surface area contributed by atoms with Gasteiger partial charge in [0.25, 0.3) is 5.91 Å². The van der Waals surface area contributed by atoms with Crippen LogP contribution in [-0.2, 0) is 4.79 Å². The highest BCUT2D eigenvalue weighted by molar-refractivity contribution is 6.23. The molecule has 6 heteroatoms. The monoisotopic (exact) mass is 479 g/mol. The summed E-state index contributed by atoms with van der Waals surface area (Å²) < 4.78 is 12.0. The first-order valence-electron chi connectivity index (χ1n) is 12.3. The highest BCUT2D eigenvalue weighted by Crippen LogP contribution is 2.48. The molecule has 1 saturated carbocycles. The number of carbonyl (C=O) groups is 1. The molecular formula is C30H29N3O3. The van der Waals surface area contributed by atoms with Crippen LogP contribution in [0.2, 0.25) is 0 Å². The van der Waals surface area contributed by atoms with Crippen LogP contribution in [0.25, 0.3) is 11.1 Å². The summed E-state index contributed by atoms with van der Waals surface area (Å²) >= 11 is 0. The summed E-state index contributed by atoms with van der Waals surface area (Å²) in [6.45, 7) is 2.46. The maximum absolute atomic E-state index is 13.8. The predicted molar refractivity (Wildman–Crippen MR) is 141 cm³/mol. The number of amides is 1. The minimum Gasteiger partial charge on any atom is -0.496 e. The van der Waals surface area contributed by atoms with Gasteiger partial charge in [0.1, 0.15) is 17.5 Å². The van der Waals surface area contributed by atoms with Crippen LogP contribution in [-0.4, -0.2) is 38.4 Å². The van der Waals surface area contributed by atoms with Gasteiger partial charge in [0.15, 0.2) is 0 Å². The van der Waals surface area contributed by atoms with E-state index in [4.69, 9.17) is 14.5 Å². The highest BCUT2D eigenvalue weighted by Gasteiger charge is 2.38. The standard InChI is InChI=1S/C30H29N3O3/c1-4-33-24-17-25(35-2)26(21-10-6-5-7-11-21)29(36-3)27(24)28(22-12-8-9-20(15-22)18-31)32-23(30(33)34)16-19-13-14-19/h5-12,15,17,19,23H,4,13-14,16H2,1-3H3. The van der Waals surface area contributed by atoms with E-state index in [1.165, 1.54) is 0 Å². The second-order valence-corrected chi connectivity index (χ2v) is 9.19. The Morgan fingerprint density at radius 1 is 1.00 bits per heavy atom. The smallest absolute Gasteiger partial charge is 0.251 e. The largest absolute Gasteiger partial charge is 0.496 e. The van der Waals surface area contributed by atoms with Gasteiger partial charge in [0, 0.05) is 18.2 Å². The number of likely N-dealkylation sites (N-methyl/N-ethyl adjacent to an activating group) is 1. The van der Waals surface area contributed by atoms with Gasteiger partial charge in [0.05, 0.1) is 48.4 Å². The van der Waals surface area contributed by atoms with Gasteiger partial charge >= 0.3 is 0 Å². The Hall–Kier alpha value is -4.11. The van der Waals surface area contributed by atoms with E-state index >= 15 is 0 Å². The number of carbonyl (C=O) groups excluding carboxylic acids is 1. The second-order valence-electron chi connectivity index (χ2n) is 9.19. The van der Waals surface area contributed by atoms with Crippen LogP contribution in [0.3, 0.4) is 0 Å². The molecule has 0 aromatic heterocycles. The average Bonchev–Trinajstić information content (AvgIpc) is 3.76. The molecule has 1 amide bonds. The number of benzene rings is 3. The molecule has 0 bridgehead atoms. The van der Waals surface area contributed by atoms with Crippen molar-refractivity contribution in [3.63, 3.8) is 0 Å². The van der Waals surface area contributed by atoms with Crippen LogP contribution in [0.5, 0.6) is 11.5 Å². The molecule has 1 fully saturated rings. The molecule has 182 valence electrons. The van der Waals surface area contributed by atoms with Gasteiger partial charge < -0.3 is 14.4 Å². The molecule has 6 nitrogen and oxygen atoms in total. The molecule has 0 spiro atoms. The van der Waals surface area contributed by atoms with E-state index in [1.54, 1.807) is 25.2 Å². The van der Waals surface area contributed by atoms with Crippen molar-refractivity contribution in [1.29, 1.82) is 5.26 Å². The molecule has 1 unspecified atom stereocenters. The van der Waals surface area contributed by atoms with E-state index < -0.39 is 6.04 Å². The highest BCUT2D eigenvalue weighted by atomic mass is 16.5. The van der Waals surface area contributed by atoms with E-state index in [2.05, 4.69) is 6.07 Å². The van der Waals surface area contributed by atoms with Crippen molar-refractivity contribution < 1.29 is 14.3 Å². The van der Waals surface area contributed by atoms with Crippen molar-refractivity contribution in [2.24, 2.45) is 10.9 Å². The fourth-order valence-corrected chi connectivity index (χ4v) is 4.98. The van der Waals surface area contributed by atoms with Gasteiger partial charge in [0.2, 0.25) is 0 Å². The predicted octanol–water partition coefficient (Wildman–Crippen LogP) is 5.62. The van der Waals surface area contributed by atoms with E-state index in [9.17, 15) is 10.1 Å². The number of rotatable bonds is 7. The first-order chi connectivity index (χ1) is 17.6. The van der Waals surface area contributed by atoms with E-state index in [-0.39, 0.29) is 5.91 Å². The van der Waals surface area contributed by atoms with Gasteiger partial charge in [-0.15, -0.1) is 0 Å². The van der Waals surface area contributed by atoms with Gasteiger partial charge in [-0.2, -0.15) is 5.26 Å². The number of nitriles is 1. The molecular weight excluding hydrogens is 450 g/mol. The number of hydrogen-bond donors (Lipinski definition) is 0. The summed E-state index contributed by atoms with van der Waals surface area (Å²) in [5, 5.41) is 9.58. The lowest BCUT2D eigenvalue weighted by atomic mass is 9.92. The van der Waals surface area contributed by atoms with Gasteiger partial charge in [-0.05, 0) is 37.0 Å². The average molecular weight is 480 g/mol. The van der Waals surface area contributed by atoms with Crippen LogP contribution in [0.1, 0.15) is 42.9 Å². The Kier molecular flexibility index (Phi) is 6.47. The van der Waals surface area contributed by atoms with Crippen molar-refractivity contribution in [3.8, 4) is 28.7 Å². The summed E-state index contributed by atoms with van der Waals surface area (Å²) in [6.07, 6.45) is 2.98. The van der Waals surface area contributed by atoms with Crippen LogP contribution in [0.15, 0.2) is 65.7 Å². The van der Waals surface area contributed by atoms with Crippen molar-refractivity contribution in [2.75, 3.05) is 25.7 Å². The summed E-state index contributed by atoms with van der Waals surface area (Å²) in [5.74, 6) is 1.71. The lowest BCUT2D eigenvalue weighted by molar-refractivity contribution is -0.119. The third kappa shape index (κ3) is 4.22. The number of nitrogens with zero attached hydrogens (tertiary/aromatic N) is 3. The first-order valence-corrected chi connectivity index (χ1v) is 12.3. The number of fused-ring (bicyclic) bond motifs is 1. The molecule has 1 aliphatic carbocycles. The number of aliphatic imine (C=N–C) groups is 1. The Balaban J connectivity index is 1.85. The minimum atomic E-state index is -0.499. The fourth-order valence-electron chi connectivity index (χ4n) is 4.98. The summed E-state index contributed by atoms with van der Waals surface area (Å²) in [7, 11) is 3.26.